The van der Waals surface area contributed by atoms with Gasteiger partial charge in [-0.2, -0.15) is 0 Å². The second kappa shape index (κ2) is 21.6. The van der Waals surface area contributed by atoms with E-state index < -0.39 is 11.2 Å². The Morgan fingerprint density at radius 2 is 0.597 bits per heavy atom. The van der Waals surface area contributed by atoms with Crippen LogP contribution >= 0.6 is 0 Å². The van der Waals surface area contributed by atoms with Crippen LogP contribution in [-0.2, 0) is 15.9 Å². The summed E-state index contributed by atoms with van der Waals surface area (Å²) in [6, 6.07) is 44.6. The van der Waals surface area contributed by atoms with Crippen molar-refractivity contribution in [3.05, 3.63) is 155 Å². The number of rotatable bonds is 26. The average molecular weight is 897 g/mol. The molecule has 0 unspecified atom stereocenters. The van der Waals surface area contributed by atoms with Crippen LogP contribution < -0.4 is 18.9 Å². The molecule has 350 valence electrons. The second-order valence-corrected chi connectivity index (χ2v) is 19.0. The summed E-state index contributed by atoms with van der Waals surface area (Å²) < 4.78 is 35.0. The average Bonchev–Trinajstić information content (AvgIpc) is 3.86. The molecule has 0 fully saturated rings. The van der Waals surface area contributed by atoms with Gasteiger partial charge in [0.2, 0.25) is 0 Å². The van der Waals surface area contributed by atoms with Crippen molar-refractivity contribution >= 4 is 32.3 Å². The summed E-state index contributed by atoms with van der Waals surface area (Å²) in [5.41, 5.74) is 5.31. The van der Waals surface area contributed by atoms with E-state index in [1.807, 2.05) is 0 Å². The van der Waals surface area contributed by atoms with E-state index in [0.29, 0.717) is 26.4 Å². The van der Waals surface area contributed by atoms with Crippen molar-refractivity contribution in [2.45, 2.75) is 142 Å². The number of hydrogen-bond donors (Lipinski definition) is 0. The Kier molecular flexibility index (Phi) is 15.0. The minimum atomic E-state index is -0.832. The standard InChI is InChI=1S/C62H72O5/c1-5-9-13-25-35-63-57-41-49-47-39-55-56(62(46-31-21-18-22-32-46)54-34-24-23-33-53(54)61(55,67-62)45-29-19-17-20-30-45)40-48(47)50-42-58(64-36-26-14-10-6-2)60(66-38-28-16-12-8-4)44-52(50)51(49)43-59(57)65-37-27-15-11-7-3/h17-24,29-34,39-44H,5-16,25-28,35-38H2,1-4H3/t61-,62+. The fraction of sp³-hybridized carbons (Fsp3) is 0.419. The summed E-state index contributed by atoms with van der Waals surface area (Å²) in [4.78, 5) is 0. The third kappa shape index (κ3) is 9.01. The first kappa shape index (κ1) is 46.6. The summed E-state index contributed by atoms with van der Waals surface area (Å²) in [7, 11) is 0. The SMILES string of the molecule is CCCCCCOc1cc2c3cc(OCCCCCC)c(OCCCCCC)cc3c3cc4c(cc3c2cc1OCCCCCC)[C@]1(c2ccccc2)O[C@@]4(c2ccccc2)c2ccccc21. The molecular formula is C62H72O5. The van der Waals surface area contributed by atoms with Crippen LogP contribution in [0.5, 0.6) is 23.0 Å². The third-order valence-electron chi connectivity index (χ3n) is 14.3. The van der Waals surface area contributed by atoms with Crippen molar-refractivity contribution in [1.29, 1.82) is 0 Å². The predicted octanol–water partition coefficient (Wildman–Crippen LogP) is 16.9. The zero-order valence-corrected chi connectivity index (χ0v) is 40.7. The summed E-state index contributed by atoms with van der Waals surface area (Å²) in [5.74, 6) is 3.22. The van der Waals surface area contributed by atoms with Crippen LogP contribution in [0, 0.1) is 0 Å². The van der Waals surface area contributed by atoms with E-state index in [2.05, 4.69) is 149 Å². The number of hydrogen-bond acceptors (Lipinski definition) is 5. The minimum absolute atomic E-state index is 0.648. The van der Waals surface area contributed by atoms with Gasteiger partial charge in [-0.1, -0.05) is 190 Å². The topological polar surface area (TPSA) is 46.2 Å². The van der Waals surface area contributed by atoms with Gasteiger partial charge < -0.3 is 23.7 Å². The van der Waals surface area contributed by atoms with Gasteiger partial charge in [0.15, 0.2) is 23.0 Å². The molecule has 0 aliphatic carbocycles. The Hall–Kier alpha value is -5.52. The van der Waals surface area contributed by atoms with Crippen LogP contribution in [0.1, 0.15) is 164 Å². The van der Waals surface area contributed by atoms with Crippen molar-refractivity contribution in [1.82, 2.24) is 0 Å². The van der Waals surface area contributed by atoms with Crippen LogP contribution in [0.25, 0.3) is 32.3 Å². The summed E-state index contributed by atoms with van der Waals surface area (Å²) >= 11 is 0. The first-order chi connectivity index (χ1) is 33.1. The van der Waals surface area contributed by atoms with Crippen molar-refractivity contribution < 1.29 is 23.7 Å². The fourth-order valence-corrected chi connectivity index (χ4v) is 10.9. The molecule has 9 rings (SSSR count). The van der Waals surface area contributed by atoms with Crippen molar-refractivity contribution in [3.8, 4) is 23.0 Å². The van der Waals surface area contributed by atoms with Gasteiger partial charge in [-0.25, -0.2) is 0 Å². The maximum absolute atomic E-state index is 7.87. The van der Waals surface area contributed by atoms with E-state index >= 15 is 0 Å². The molecule has 0 radical (unpaired) electrons. The first-order valence-electron chi connectivity index (χ1n) is 26.1. The second-order valence-electron chi connectivity index (χ2n) is 19.0. The van der Waals surface area contributed by atoms with Crippen molar-refractivity contribution in [2.75, 3.05) is 26.4 Å². The largest absolute Gasteiger partial charge is 0.490 e. The maximum atomic E-state index is 7.87. The van der Waals surface area contributed by atoms with E-state index in [1.54, 1.807) is 0 Å². The highest BCUT2D eigenvalue weighted by Gasteiger charge is 2.64. The van der Waals surface area contributed by atoms with E-state index in [1.165, 1.54) is 73.6 Å². The molecule has 2 atom stereocenters. The molecule has 0 saturated carbocycles. The molecule has 5 nitrogen and oxygen atoms in total. The molecule has 0 aromatic heterocycles. The molecule has 0 amide bonds. The summed E-state index contributed by atoms with van der Waals surface area (Å²) in [5, 5.41) is 6.79. The van der Waals surface area contributed by atoms with E-state index in [-0.39, 0.29) is 0 Å². The zero-order valence-electron chi connectivity index (χ0n) is 40.7. The first-order valence-corrected chi connectivity index (χ1v) is 26.1. The number of ether oxygens (including phenoxy) is 5. The number of fused-ring (bicyclic) bond motifs is 14. The lowest BCUT2D eigenvalue weighted by molar-refractivity contribution is -0.0257. The lowest BCUT2D eigenvalue weighted by atomic mass is 9.67. The fourth-order valence-electron chi connectivity index (χ4n) is 10.9. The van der Waals surface area contributed by atoms with Gasteiger partial charge in [0.25, 0.3) is 0 Å². The van der Waals surface area contributed by atoms with Gasteiger partial charge in [-0.3, -0.25) is 0 Å². The van der Waals surface area contributed by atoms with Crippen LogP contribution in [0.15, 0.2) is 121 Å². The van der Waals surface area contributed by atoms with Crippen molar-refractivity contribution in [3.63, 3.8) is 0 Å². The maximum Gasteiger partial charge on any atom is 0.161 e. The lowest BCUT2D eigenvalue weighted by Crippen LogP contribution is -2.27. The van der Waals surface area contributed by atoms with E-state index in [9.17, 15) is 0 Å². The molecule has 7 aromatic carbocycles. The molecule has 2 aliphatic rings. The van der Waals surface area contributed by atoms with Crippen LogP contribution in [0.3, 0.4) is 0 Å². The molecule has 5 heteroatoms. The molecule has 2 heterocycles. The highest BCUT2D eigenvalue weighted by Crippen LogP contribution is 2.66. The van der Waals surface area contributed by atoms with Gasteiger partial charge in [-0.15, -0.1) is 0 Å². The number of benzene rings is 7. The molecule has 67 heavy (non-hydrogen) atoms. The molecule has 0 spiro atoms. The monoisotopic (exact) mass is 897 g/mol. The van der Waals surface area contributed by atoms with Gasteiger partial charge >= 0.3 is 0 Å². The quantitative estimate of drug-likeness (QED) is 0.0400. The van der Waals surface area contributed by atoms with Gasteiger partial charge in [-0.05, 0) is 117 Å². The van der Waals surface area contributed by atoms with Gasteiger partial charge in [0.1, 0.15) is 11.2 Å². The summed E-state index contributed by atoms with van der Waals surface area (Å²) in [6.07, 6.45) is 18.2. The van der Waals surface area contributed by atoms with Crippen LogP contribution in [0.4, 0.5) is 0 Å². The minimum Gasteiger partial charge on any atom is -0.490 e. The Labute approximate surface area is 400 Å². The lowest BCUT2D eigenvalue weighted by Gasteiger charge is -2.31. The smallest absolute Gasteiger partial charge is 0.161 e. The zero-order chi connectivity index (χ0) is 46.1. The Morgan fingerprint density at radius 1 is 0.313 bits per heavy atom. The number of unbranched alkanes of at least 4 members (excludes halogenated alkanes) is 12. The molecule has 0 saturated heterocycles. The van der Waals surface area contributed by atoms with Gasteiger partial charge in [0, 0.05) is 11.1 Å². The molecule has 2 aliphatic heterocycles. The molecule has 2 bridgehead atoms. The summed E-state index contributed by atoms with van der Waals surface area (Å²) in [6.45, 7) is 11.6. The van der Waals surface area contributed by atoms with Crippen molar-refractivity contribution in [2.24, 2.45) is 0 Å². The normalized spacial score (nSPS) is 17.0. The highest BCUT2D eigenvalue weighted by atomic mass is 16.5. The molecule has 0 N–H and O–H groups in total. The third-order valence-corrected chi connectivity index (χ3v) is 14.3. The van der Waals surface area contributed by atoms with Crippen LogP contribution in [-0.4, -0.2) is 26.4 Å². The predicted molar refractivity (Wildman–Crippen MR) is 278 cm³/mol. The molecular weight excluding hydrogens is 825 g/mol. The van der Waals surface area contributed by atoms with Crippen LogP contribution in [0.2, 0.25) is 0 Å². The Balaban J connectivity index is 1.32. The Morgan fingerprint density at radius 3 is 0.896 bits per heavy atom. The van der Waals surface area contributed by atoms with E-state index in [0.717, 1.165) is 118 Å². The van der Waals surface area contributed by atoms with E-state index in [4.69, 9.17) is 23.7 Å². The highest BCUT2D eigenvalue weighted by molar-refractivity contribution is 6.26. The Bertz CT molecular complexity index is 2560. The van der Waals surface area contributed by atoms with Gasteiger partial charge in [0.05, 0.1) is 26.4 Å². The molecule has 7 aromatic rings.